The Balaban J connectivity index is 3.89. The van der Waals surface area contributed by atoms with Gasteiger partial charge in [0.1, 0.15) is 0 Å². The second-order valence-electron chi connectivity index (χ2n) is 1.80. The molecule has 0 saturated carbocycles. The molecule has 0 aromatic carbocycles. The second kappa shape index (κ2) is 3.13. The van der Waals surface area contributed by atoms with Crippen molar-refractivity contribution < 1.29 is 0 Å². The summed E-state index contributed by atoms with van der Waals surface area (Å²) in [5.41, 5.74) is 12.3. The van der Waals surface area contributed by atoms with Crippen molar-refractivity contribution in [1.82, 2.24) is 0 Å². The van der Waals surface area contributed by atoms with Crippen molar-refractivity contribution >= 4 is 0 Å². The van der Waals surface area contributed by atoms with Gasteiger partial charge < -0.3 is 11.5 Å². The van der Waals surface area contributed by atoms with Gasteiger partial charge in [-0.15, -0.1) is 0 Å². The van der Waals surface area contributed by atoms with Crippen LogP contribution in [0.25, 0.3) is 0 Å². The van der Waals surface area contributed by atoms with Crippen molar-refractivity contribution in [1.29, 1.82) is 0 Å². The molecular formula is C6H12N2. The van der Waals surface area contributed by atoms with Gasteiger partial charge in [0.05, 0.1) is 0 Å². The first-order chi connectivity index (χ1) is 3.66. The Labute approximate surface area is 49.9 Å². The van der Waals surface area contributed by atoms with Crippen LogP contribution in [0.4, 0.5) is 0 Å². The summed E-state index contributed by atoms with van der Waals surface area (Å²) in [5.74, 6) is 0. The molecule has 0 bridgehead atoms. The molecule has 0 amide bonds. The van der Waals surface area contributed by atoms with Crippen molar-refractivity contribution in [2.45, 2.75) is 13.8 Å². The van der Waals surface area contributed by atoms with Gasteiger partial charge in [0.25, 0.3) is 0 Å². The predicted molar refractivity (Wildman–Crippen MR) is 35.9 cm³/mol. The molecule has 0 aliphatic carbocycles. The van der Waals surface area contributed by atoms with Crippen LogP contribution in [-0.2, 0) is 0 Å². The van der Waals surface area contributed by atoms with E-state index in [9.17, 15) is 0 Å². The highest BCUT2D eigenvalue weighted by molar-refractivity contribution is 5.17. The zero-order chi connectivity index (χ0) is 6.57. The Bertz CT molecular complexity index is 118. The molecule has 0 fully saturated rings. The highest BCUT2D eigenvalue weighted by Crippen LogP contribution is 1.92. The van der Waals surface area contributed by atoms with Crippen LogP contribution in [0.2, 0.25) is 0 Å². The minimum Gasteiger partial charge on any atom is -0.404 e. The largest absolute Gasteiger partial charge is 0.404 e. The number of hydrogen-bond acceptors (Lipinski definition) is 2. The number of nitrogens with two attached hydrogens (primary N) is 2. The Morgan fingerprint density at radius 1 is 1.38 bits per heavy atom. The molecular weight excluding hydrogens is 100 g/mol. The minimum absolute atomic E-state index is 0.782. The van der Waals surface area contributed by atoms with Gasteiger partial charge >= 0.3 is 0 Å². The summed E-state index contributed by atoms with van der Waals surface area (Å²) in [6.07, 6.45) is 3.34. The van der Waals surface area contributed by atoms with Gasteiger partial charge in [-0.25, -0.2) is 0 Å². The van der Waals surface area contributed by atoms with Crippen molar-refractivity contribution in [2.75, 3.05) is 0 Å². The molecule has 8 heavy (non-hydrogen) atoms. The molecule has 4 N–H and O–H groups in total. The van der Waals surface area contributed by atoms with Gasteiger partial charge in [0, 0.05) is 5.70 Å². The van der Waals surface area contributed by atoms with Crippen LogP contribution in [0.3, 0.4) is 0 Å². The van der Waals surface area contributed by atoms with E-state index in [1.54, 1.807) is 0 Å². The molecule has 0 aromatic heterocycles. The number of rotatable bonds is 1. The van der Waals surface area contributed by atoms with Crippen LogP contribution in [-0.4, -0.2) is 0 Å². The third-order valence-corrected chi connectivity index (χ3v) is 0.718. The molecule has 0 saturated heterocycles. The monoisotopic (exact) mass is 112 g/mol. The number of allylic oxidation sites excluding steroid dienone is 3. The first kappa shape index (κ1) is 7.08. The lowest BCUT2D eigenvalue weighted by molar-refractivity contribution is 1.28. The van der Waals surface area contributed by atoms with Crippen molar-refractivity contribution in [3.63, 3.8) is 0 Å². The van der Waals surface area contributed by atoms with Crippen LogP contribution in [0, 0.1) is 0 Å². The summed E-state index contributed by atoms with van der Waals surface area (Å²) in [5, 5.41) is 0. The third-order valence-electron chi connectivity index (χ3n) is 0.718. The van der Waals surface area contributed by atoms with Crippen molar-refractivity contribution in [3.8, 4) is 0 Å². The average Bonchev–Trinajstić information content (AvgIpc) is 1.65. The predicted octanol–water partition coefficient (Wildman–Crippen LogP) is 0.711. The molecule has 2 nitrogen and oxygen atoms in total. The summed E-state index contributed by atoms with van der Waals surface area (Å²) in [7, 11) is 0. The summed E-state index contributed by atoms with van der Waals surface area (Å²) in [4.78, 5) is 0. The normalized spacial score (nSPS) is 14.2. The minimum atomic E-state index is 0.782. The van der Waals surface area contributed by atoms with E-state index in [4.69, 9.17) is 11.5 Å². The standard InChI is InChI=1S/C6H12N2/c1-5(4-7)3-6(2)8/h3-4H,7-8H2,1-2H3/b5-4-,6-3+. The van der Waals surface area contributed by atoms with Crippen LogP contribution in [0.1, 0.15) is 13.8 Å². The molecule has 0 atom stereocenters. The number of hydrogen-bond donors (Lipinski definition) is 2. The zero-order valence-electron chi connectivity index (χ0n) is 5.31. The molecule has 0 rings (SSSR count). The Morgan fingerprint density at radius 3 is 2.00 bits per heavy atom. The van der Waals surface area contributed by atoms with E-state index in [0.29, 0.717) is 0 Å². The lowest BCUT2D eigenvalue weighted by Crippen LogP contribution is -1.91. The smallest absolute Gasteiger partial charge is 0.00520 e. The molecule has 2 heteroatoms. The molecule has 0 spiro atoms. The van der Waals surface area contributed by atoms with Crippen LogP contribution in [0.15, 0.2) is 23.5 Å². The quantitative estimate of drug-likeness (QED) is 0.491. The SMILES string of the molecule is CC(=C/N)/C=C(\C)N. The van der Waals surface area contributed by atoms with E-state index >= 15 is 0 Å². The molecule has 0 aliphatic heterocycles. The fourth-order valence-electron chi connectivity index (χ4n) is 0.407. The molecule has 0 aromatic rings. The third kappa shape index (κ3) is 3.28. The summed E-state index contributed by atoms with van der Waals surface area (Å²) in [6, 6.07) is 0. The van der Waals surface area contributed by atoms with Gasteiger partial charge in [-0.3, -0.25) is 0 Å². The van der Waals surface area contributed by atoms with E-state index in [0.717, 1.165) is 11.3 Å². The fraction of sp³-hybridized carbons (Fsp3) is 0.333. The Morgan fingerprint density at radius 2 is 1.88 bits per heavy atom. The van der Waals surface area contributed by atoms with Crippen LogP contribution < -0.4 is 11.5 Å². The summed E-state index contributed by atoms with van der Waals surface area (Å²) < 4.78 is 0. The molecule has 0 radical (unpaired) electrons. The highest BCUT2D eigenvalue weighted by Gasteiger charge is 1.78. The molecule has 0 heterocycles. The first-order valence-corrected chi connectivity index (χ1v) is 2.49. The lowest BCUT2D eigenvalue weighted by atomic mass is 10.3. The van der Waals surface area contributed by atoms with Gasteiger partial charge in [-0.05, 0) is 31.7 Å². The van der Waals surface area contributed by atoms with E-state index in [2.05, 4.69) is 0 Å². The van der Waals surface area contributed by atoms with Gasteiger partial charge in [0.15, 0.2) is 0 Å². The maximum Gasteiger partial charge on any atom is 0.00520 e. The maximum atomic E-state index is 5.33. The fourth-order valence-corrected chi connectivity index (χ4v) is 0.407. The van der Waals surface area contributed by atoms with Gasteiger partial charge in [0.2, 0.25) is 0 Å². The average molecular weight is 112 g/mol. The van der Waals surface area contributed by atoms with Crippen molar-refractivity contribution in [3.05, 3.63) is 23.5 Å². The summed E-state index contributed by atoms with van der Waals surface area (Å²) in [6.45, 7) is 3.73. The Kier molecular flexibility index (Phi) is 2.77. The van der Waals surface area contributed by atoms with E-state index < -0.39 is 0 Å². The zero-order valence-corrected chi connectivity index (χ0v) is 5.31. The van der Waals surface area contributed by atoms with Gasteiger partial charge in [-0.2, -0.15) is 0 Å². The van der Waals surface area contributed by atoms with E-state index in [-0.39, 0.29) is 0 Å². The van der Waals surface area contributed by atoms with Crippen molar-refractivity contribution in [2.24, 2.45) is 11.5 Å². The van der Waals surface area contributed by atoms with E-state index in [1.165, 1.54) is 6.20 Å². The van der Waals surface area contributed by atoms with E-state index in [1.807, 2.05) is 19.9 Å². The topological polar surface area (TPSA) is 52.0 Å². The van der Waals surface area contributed by atoms with Gasteiger partial charge in [-0.1, -0.05) is 0 Å². The second-order valence-corrected chi connectivity index (χ2v) is 1.80. The Hall–Kier alpha value is -0.920. The van der Waals surface area contributed by atoms with Crippen LogP contribution >= 0.6 is 0 Å². The lowest BCUT2D eigenvalue weighted by Gasteiger charge is -1.89. The van der Waals surface area contributed by atoms with Crippen LogP contribution in [0.5, 0.6) is 0 Å². The maximum absolute atomic E-state index is 5.33. The molecule has 0 aliphatic rings. The molecule has 0 unspecified atom stereocenters. The highest BCUT2D eigenvalue weighted by atomic mass is 14.5. The summed E-state index contributed by atoms with van der Waals surface area (Å²) >= 11 is 0. The first-order valence-electron chi connectivity index (χ1n) is 2.49. The molecule has 46 valence electrons.